The maximum atomic E-state index is 10.2. The summed E-state index contributed by atoms with van der Waals surface area (Å²) >= 11 is 1.51. The number of phenols is 1. The van der Waals surface area contributed by atoms with Gasteiger partial charge in [0, 0.05) is 34.4 Å². The molecule has 0 bridgehead atoms. The van der Waals surface area contributed by atoms with E-state index >= 15 is 0 Å². The average Bonchev–Trinajstić information content (AvgIpc) is 2.84. The van der Waals surface area contributed by atoms with E-state index in [1.165, 1.54) is 11.3 Å². The highest BCUT2D eigenvalue weighted by Crippen LogP contribution is 2.26. The lowest BCUT2D eigenvalue weighted by Crippen LogP contribution is -1.86. The van der Waals surface area contributed by atoms with Gasteiger partial charge in [-0.3, -0.25) is 4.98 Å². The van der Waals surface area contributed by atoms with Crippen LogP contribution >= 0.6 is 11.3 Å². The SMILES string of the molecule is Cc1cnc(/N=C/c2ccc3cccnc3c2O)s1. The molecule has 0 saturated carbocycles. The van der Waals surface area contributed by atoms with Crippen LogP contribution in [0.25, 0.3) is 10.9 Å². The predicted octanol–water partition coefficient (Wildman–Crippen LogP) is 3.46. The predicted molar refractivity (Wildman–Crippen MR) is 77.5 cm³/mol. The number of phenolic OH excluding ortho intramolecular Hbond substituents is 1. The van der Waals surface area contributed by atoms with Crippen LogP contribution in [-0.2, 0) is 0 Å². The molecule has 3 rings (SSSR count). The quantitative estimate of drug-likeness (QED) is 0.725. The molecule has 0 spiro atoms. The summed E-state index contributed by atoms with van der Waals surface area (Å²) in [6, 6.07) is 7.49. The molecule has 0 saturated heterocycles. The zero-order valence-corrected chi connectivity index (χ0v) is 11.1. The second kappa shape index (κ2) is 4.78. The highest BCUT2D eigenvalue weighted by molar-refractivity contribution is 7.15. The fourth-order valence-electron chi connectivity index (χ4n) is 1.78. The van der Waals surface area contributed by atoms with Gasteiger partial charge in [-0.15, -0.1) is 11.3 Å². The Labute approximate surface area is 114 Å². The number of aromatic hydroxyl groups is 1. The topological polar surface area (TPSA) is 58.4 Å². The Morgan fingerprint density at radius 3 is 2.95 bits per heavy atom. The number of fused-ring (bicyclic) bond motifs is 1. The van der Waals surface area contributed by atoms with Crippen LogP contribution in [0.3, 0.4) is 0 Å². The van der Waals surface area contributed by atoms with Crippen molar-refractivity contribution in [1.29, 1.82) is 0 Å². The number of benzene rings is 1. The second-order valence-electron chi connectivity index (χ2n) is 4.09. The maximum Gasteiger partial charge on any atom is 0.209 e. The number of thiazole rings is 1. The minimum atomic E-state index is 0.148. The van der Waals surface area contributed by atoms with Gasteiger partial charge in [-0.05, 0) is 19.1 Å². The minimum Gasteiger partial charge on any atom is -0.505 e. The van der Waals surface area contributed by atoms with Gasteiger partial charge in [-0.1, -0.05) is 12.1 Å². The first-order valence-electron chi connectivity index (χ1n) is 5.77. The molecule has 3 aromatic rings. The largest absolute Gasteiger partial charge is 0.505 e. The average molecular weight is 269 g/mol. The zero-order valence-electron chi connectivity index (χ0n) is 10.2. The molecule has 0 aliphatic carbocycles. The number of hydrogen-bond acceptors (Lipinski definition) is 5. The number of nitrogens with zero attached hydrogens (tertiary/aromatic N) is 3. The molecule has 0 aliphatic heterocycles. The highest BCUT2D eigenvalue weighted by atomic mass is 32.1. The number of rotatable bonds is 2. The summed E-state index contributed by atoms with van der Waals surface area (Å²) in [5.74, 6) is 0.148. The highest BCUT2D eigenvalue weighted by Gasteiger charge is 2.05. The van der Waals surface area contributed by atoms with E-state index in [-0.39, 0.29) is 5.75 Å². The molecule has 0 aliphatic rings. The number of pyridine rings is 1. The molecule has 4 nitrogen and oxygen atoms in total. The third kappa shape index (κ3) is 2.32. The number of aryl methyl sites for hydroxylation is 1. The van der Waals surface area contributed by atoms with Crippen molar-refractivity contribution >= 4 is 33.6 Å². The van der Waals surface area contributed by atoms with Crippen LogP contribution in [0.15, 0.2) is 41.7 Å². The Balaban J connectivity index is 2.01. The lowest BCUT2D eigenvalue weighted by molar-refractivity contribution is 0.479. The Kier molecular flexibility index (Phi) is 2.97. The van der Waals surface area contributed by atoms with Gasteiger partial charge < -0.3 is 5.11 Å². The van der Waals surface area contributed by atoms with E-state index in [2.05, 4.69) is 15.0 Å². The molecule has 0 radical (unpaired) electrons. The summed E-state index contributed by atoms with van der Waals surface area (Å²) < 4.78 is 0. The lowest BCUT2D eigenvalue weighted by atomic mass is 10.1. The van der Waals surface area contributed by atoms with E-state index < -0.39 is 0 Å². The van der Waals surface area contributed by atoms with Crippen LogP contribution in [0, 0.1) is 6.92 Å². The molecular formula is C14H11N3OS. The van der Waals surface area contributed by atoms with Crippen molar-refractivity contribution in [2.24, 2.45) is 4.99 Å². The second-order valence-corrected chi connectivity index (χ2v) is 5.30. The summed E-state index contributed by atoms with van der Waals surface area (Å²) in [6.45, 7) is 1.98. The molecule has 19 heavy (non-hydrogen) atoms. The van der Waals surface area contributed by atoms with Crippen molar-refractivity contribution in [3.05, 3.63) is 47.1 Å². The molecule has 0 amide bonds. The van der Waals surface area contributed by atoms with Gasteiger partial charge in [0.2, 0.25) is 5.13 Å². The van der Waals surface area contributed by atoms with E-state index in [4.69, 9.17) is 0 Å². The van der Waals surface area contributed by atoms with Crippen molar-refractivity contribution in [1.82, 2.24) is 9.97 Å². The van der Waals surface area contributed by atoms with Crippen LogP contribution < -0.4 is 0 Å². The van der Waals surface area contributed by atoms with Gasteiger partial charge in [0.1, 0.15) is 5.52 Å². The van der Waals surface area contributed by atoms with Crippen molar-refractivity contribution in [2.45, 2.75) is 6.92 Å². The Bertz CT molecular complexity index is 764. The van der Waals surface area contributed by atoms with Gasteiger partial charge in [0.05, 0.1) is 0 Å². The summed E-state index contributed by atoms with van der Waals surface area (Å²) in [4.78, 5) is 13.7. The molecule has 1 N–H and O–H groups in total. The maximum absolute atomic E-state index is 10.2. The summed E-state index contributed by atoms with van der Waals surface area (Å²) in [7, 11) is 0. The third-order valence-electron chi connectivity index (χ3n) is 2.70. The fraction of sp³-hybridized carbons (Fsp3) is 0.0714. The molecule has 0 unspecified atom stereocenters. The molecule has 2 heterocycles. The summed E-state index contributed by atoms with van der Waals surface area (Å²) in [5.41, 5.74) is 1.22. The van der Waals surface area contributed by atoms with E-state index in [0.717, 1.165) is 10.3 Å². The molecule has 0 fully saturated rings. The number of hydrogen-bond donors (Lipinski definition) is 1. The van der Waals surface area contributed by atoms with E-state index in [0.29, 0.717) is 16.2 Å². The lowest BCUT2D eigenvalue weighted by Gasteiger charge is -2.02. The summed E-state index contributed by atoms with van der Waals surface area (Å²) in [5, 5.41) is 11.7. The van der Waals surface area contributed by atoms with Gasteiger partial charge in [0.15, 0.2) is 5.75 Å². The van der Waals surface area contributed by atoms with Crippen molar-refractivity contribution in [3.63, 3.8) is 0 Å². The zero-order chi connectivity index (χ0) is 13.2. The molecule has 94 valence electrons. The smallest absolute Gasteiger partial charge is 0.209 e. The van der Waals surface area contributed by atoms with Gasteiger partial charge in [-0.2, -0.15) is 0 Å². The summed E-state index contributed by atoms with van der Waals surface area (Å²) in [6.07, 6.45) is 5.05. The molecule has 5 heteroatoms. The standard InChI is InChI=1S/C14H11N3OS/c1-9-7-16-14(19-9)17-8-11-5-4-10-3-2-6-15-12(10)13(11)18/h2-8,18H,1H3/b17-8+. The van der Waals surface area contributed by atoms with Crippen LogP contribution in [0.2, 0.25) is 0 Å². The third-order valence-corrected chi connectivity index (χ3v) is 3.52. The van der Waals surface area contributed by atoms with Crippen molar-refractivity contribution < 1.29 is 5.11 Å². The Hall–Kier alpha value is -2.27. The van der Waals surface area contributed by atoms with E-state index in [1.54, 1.807) is 18.6 Å². The number of aromatic nitrogens is 2. The van der Waals surface area contributed by atoms with Crippen molar-refractivity contribution in [2.75, 3.05) is 0 Å². The van der Waals surface area contributed by atoms with Crippen molar-refractivity contribution in [3.8, 4) is 5.75 Å². The van der Waals surface area contributed by atoms with Crippen LogP contribution in [0.5, 0.6) is 5.75 Å². The monoisotopic (exact) mass is 269 g/mol. The van der Waals surface area contributed by atoms with Crippen LogP contribution in [-0.4, -0.2) is 21.3 Å². The van der Waals surface area contributed by atoms with Gasteiger partial charge in [0.25, 0.3) is 0 Å². The first-order chi connectivity index (χ1) is 9.24. The first kappa shape index (κ1) is 11.8. The minimum absolute atomic E-state index is 0.148. The molecule has 0 atom stereocenters. The molecular weight excluding hydrogens is 258 g/mol. The number of aliphatic imine (C=N–C) groups is 1. The Morgan fingerprint density at radius 2 is 2.16 bits per heavy atom. The van der Waals surface area contributed by atoms with E-state index in [9.17, 15) is 5.11 Å². The van der Waals surface area contributed by atoms with Gasteiger partial charge in [-0.25, -0.2) is 9.98 Å². The van der Waals surface area contributed by atoms with Crippen LogP contribution in [0.4, 0.5) is 5.13 Å². The Morgan fingerprint density at radius 1 is 1.26 bits per heavy atom. The van der Waals surface area contributed by atoms with Crippen LogP contribution in [0.1, 0.15) is 10.4 Å². The first-order valence-corrected chi connectivity index (χ1v) is 6.59. The van der Waals surface area contributed by atoms with Gasteiger partial charge >= 0.3 is 0 Å². The molecule has 2 aromatic heterocycles. The fourth-order valence-corrected chi connectivity index (χ4v) is 2.38. The molecule has 1 aromatic carbocycles. The normalized spacial score (nSPS) is 11.4. The van der Waals surface area contributed by atoms with E-state index in [1.807, 2.05) is 31.2 Å².